The third-order valence-electron chi connectivity index (χ3n) is 3.51. The molecule has 17 heavy (non-hydrogen) atoms. The molecule has 2 rings (SSSR count). The Hall–Kier alpha value is -0.750. The van der Waals surface area contributed by atoms with Gasteiger partial charge in [-0.1, -0.05) is 25.6 Å². The van der Waals surface area contributed by atoms with Gasteiger partial charge in [-0.05, 0) is 24.7 Å². The second-order valence-electron chi connectivity index (χ2n) is 5.17. The SMILES string of the molecule is CC1CC(C)C(Sc2n[nH]c(=O)n2C)C(N)C1. The fourth-order valence-electron chi connectivity index (χ4n) is 2.65. The summed E-state index contributed by atoms with van der Waals surface area (Å²) in [4.78, 5) is 11.3. The van der Waals surface area contributed by atoms with Gasteiger partial charge in [0.05, 0.1) is 0 Å². The summed E-state index contributed by atoms with van der Waals surface area (Å²) in [5.74, 6) is 1.26. The molecule has 1 aliphatic rings. The molecule has 1 aromatic heterocycles. The normalized spacial score (nSPS) is 33.9. The quantitative estimate of drug-likeness (QED) is 0.826. The van der Waals surface area contributed by atoms with Crippen LogP contribution < -0.4 is 11.4 Å². The fraction of sp³-hybridized carbons (Fsp3) is 0.818. The summed E-state index contributed by atoms with van der Waals surface area (Å²) in [5, 5.41) is 7.57. The Kier molecular flexibility index (Phi) is 3.63. The van der Waals surface area contributed by atoms with Crippen molar-refractivity contribution in [3.05, 3.63) is 10.5 Å². The van der Waals surface area contributed by atoms with Crippen LogP contribution in [-0.4, -0.2) is 26.1 Å². The minimum atomic E-state index is -0.169. The lowest BCUT2D eigenvalue weighted by atomic mass is 9.80. The van der Waals surface area contributed by atoms with E-state index in [0.717, 1.165) is 11.6 Å². The average Bonchev–Trinajstić information content (AvgIpc) is 2.54. The largest absolute Gasteiger partial charge is 0.343 e. The minimum Gasteiger partial charge on any atom is -0.327 e. The molecular formula is C11H20N4OS. The Bertz CT molecular complexity index is 429. The number of aromatic amines is 1. The molecule has 6 heteroatoms. The highest BCUT2D eigenvalue weighted by Crippen LogP contribution is 2.37. The van der Waals surface area contributed by atoms with Crippen molar-refractivity contribution in [3.63, 3.8) is 0 Å². The maximum Gasteiger partial charge on any atom is 0.343 e. The first-order valence-corrected chi connectivity index (χ1v) is 6.90. The van der Waals surface area contributed by atoms with Crippen molar-refractivity contribution in [2.75, 3.05) is 0 Å². The number of hydrogen-bond acceptors (Lipinski definition) is 4. The lowest BCUT2D eigenvalue weighted by Crippen LogP contribution is -2.43. The van der Waals surface area contributed by atoms with Crippen molar-refractivity contribution in [1.29, 1.82) is 0 Å². The van der Waals surface area contributed by atoms with Gasteiger partial charge in [-0.25, -0.2) is 9.89 Å². The first kappa shape index (κ1) is 12.7. The van der Waals surface area contributed by atoms with Crippen LogP contribution in [0.4, 0.5) is 0 Å². The van der Waals surface area contributed by atoms with Gasteiger partial charge in [0.1, 0.15) is 0 Å². The van der Waals surface area contributed by atoms with Crippen molar-refractivity contribution >= 4 is 11.8 Å². The number of rotatable bonds is 2. The predicted octanol–water partition coefficient (Wildman–Crippen LogP) is 0.962. The van der Waals surface area contributed by atoms with Gasteiger partial charge in [0.15, 0.2) is 5.16 Å². The van der Waals surface area contributed by atoms with Gasteiger partial charge in [-0.15, -0.1) is 5.10 Å². The summed E-state index contributed by atoms with van der Waals surface area (Å²) >= 11 is 1.63. The molecule has 0 bridgehead atoms. The highest BCUT2D eigenvalue weighted by Gasteiger charge is 2.33. The van der Waals surface area contributed by atoms with Gasteiger partial charge in [-0.3, -0.25) is 4.57 Å². The maximum atomic E-state index is 11.3. The summed E-state index contributed by atoms with van der Waals surface area (Å²) in [6.45, 7) is 4.49. The Morgan fingerprint density at radius 2 is 2.18 bits per heavy atom. The van der Waals surface area contributed by atoms with Crippen LogP contribution in [0.1, 0.15) is 26.7 Å². The van der Waals surface area contributed by atoms with Crippen molar-refractivity contribution in [2.45, 2.75) is 43.1 Å². The highest BCUT2D eigenvalue weighted by atomic mass is 32.2. The number of nitrogens with one attached hydrogen (secondary N) is 1. The first-order valence-electron chi connectivity index (χ1n) is 6.02. The van der Waals surface area contributed by atoms with Crippen LogP contribution >= 0.6 is 11.8 Å². The van der Waals surface area contributed by atoms with E-state index in [4.69, 9.17) is 5.73 Å². The van der Waals surface area contributed by atoms with E-state index in [-0.39, 0.29) is 11.7 Å². The smallest absolute Gasteiger partial charge is 0.327 e. The van der Waals surface area contributed by atoms with Crippen LogP contribution in [-0.2, 0) is 7.05 Å². The zero-order valence-corrected chi connectivity index (χ0v) is 11.3. The standard InChI is InChI=1S/C11H20N4OS/c1-6-4-7(2)9(8(12)5-6)17-11-14-13-10(16)15(11)3/h6-9H,4-5,12H2,1-3H3,(H,13,16). The van der Waals surface area contributed by atoms with Crippen LogP contribution in [0, 0.1) is 11.8 Å². The van der Waals surface area contributed by atoms with Crippen LogP contribution in [0.2, 0.25) is 0 Å². The van der Waals surface area contributed by atoms with Crippen molar-refractivity contribution in [1.82, 2.24) is 14.8 Å². The van der Waals surface area contributed by atoms with E-state index in [1.165, 1.54) is 6.42 Å². The second kappa shape index (κ2) is 4.86. The van der Waals surface area contributed by atoms with Gasteiger partial charge >= 0.3 is 5.69 Å². The zero-order chi connectivity index (χ0) is 12.6. The molecule has 1 saturated carbocycles. The second-order valence-corrected chi connectivity index (χ2v) is 6.32. The Morgan fingerprint density at radius 3 is 2.71 bits per heavy atom. The van der Waals surface area contributed by atoms with Crippen LogP contribution in [0.5, 0.6) is 0 Å². The first-order chi connectivity index (χ1) is 7.99. The maximum absolute atomic E-state index is 11.3. The number of H-pyrrole nitrogens is 1. The molecule has 1 aromatic rings. The van der Waals surface area contributed by atoms with E-state index < -0.39 is 0 Å². The molecule has 0 radical (unpaired) electrons. The molecule has 0 saturated heterocycles. The molecule has 4 unspecified atom stereocenters. The number of thioether (sulfide) groups is 1. The highest BCUT2D eigenvalue weighted by molar-refractivity contribution is 7.99. The van der Waals surface area contributed by atoms with Crippen LogP contribution in [0.3, 0.4) is 0 Å². The molecule has 1 heterocycles. The van der Waals surface area contributed by atoms with Gasteiger partial charge in [0, 0.05) is 18.3 Å². The molecule has 0 aromatic carbocycles. The predicted molar refractivity (Wildman–Crippen MR) is 69.0 cm³/mol. The Balaban J connectivity index is 2.12. The molecule has 1 aliphatic carbocycles. The molecule has 0 aliphatic heterocycles. The lowest BCUT2D eigenvalue weighted by molar-refractivity contribution is 0.279. The number of nitrogens with two attached hydrogens (primary N) is 1. The van der Waals surface area contributed by atoms with E-state index in [9.17, 15) is 4.79 Å². The third-order valence-corrected chi connectivity index (χ3v) is 5.17. The van der Waals surface area contributed by atoms with Gasteiger partial charge in [0.2, 0.25) is 0 Å². The summed E-state index contributed by atoms with van der Waals surface area (Å²) in [7, 11) is 1.73. The van der Waals surface area contributed by atoms with Gasteiger partial charge < -0.3 is 5.73 Å². The monoisotopic (exact) mass is 256 g/mol. The molecule has 1 fully saturated rings. The summed E-state index contributed by atoms with van der Waals surface area (Å²) in [6.07, 6.45) is 2.25. The Labute approximate surface area is 105 Å². The van der Waals surface area contributed by atoms with E-state index in [1.807, 2.05) is 0 Å². The zero-order valence-electron chi connectivity index (χ0n) is 10.5. The van der Waals surface area contributed by atoms with E-state index in [1.54, 1.807) is 23.4 Å². The molecule has 0 spiro atoms. The van der Waals surface area contributed by atoms with Crippen LogP contribution in [0.25, 0.3) is 0 Å². The summed E-state index contributed by atoms with van der Waals surface area (Å²) in [5.41, 5.74) is 6.05. The Morgan fingerprint density at radius 1 is 1.47 bits per heavy atom. The minimum absolute atomic E-state index is 0.169. The number of nitrogens with zero attached hydrogens (tertiary/aromatic N) is 2. The van der Waals surface area contributed by atoms with Gasteiger partial charge in [0.25, 0.3) is 0 Å². The van der Waals surface area contributed by atoms with E-state index >= 15 is 0 Å². The van der Waals surface area contributed by atoms with Crippen molar-refractivity contribution in [2.24, 2.45) is 24.6 Å². The molecule has 5 nitrogen and oxygen atoms in total. The van der Waals surface area contributed by atoms with E-state index in [2.05, 4.69) is 24.0 Å². The summed E-state index contributed by atoms with van der Waals surface area (Å²) < 4.78 is 1.54. The van der Waals surface area contributed by atoms with Crippen molar-refractivity contribution < 1.29 is 0 Å². The average molecular weight is 256 g/mol. The fourth-order valence-corrected chi connectivity index (χ4v) is 3.86. The molecule has 96 valence electrons. The third kappa shape index (κ3) is 2.57. The molecular weight excluding hydrogens is 236 g/mol. The number of aromatic nitrogens is 3. The number of hydrogen-bond donors (Lipinski definition) is 2. The lowest BCUT2D eigenvalue weighted by Gasteiger charge is -2.36. The topological polar surface area (TPSA) is 76.7 Å². The summed E-state index contributed by atoms with van der Waals surface area (Å²) in [6, 6.07) is 0.186. The van der Waals surface area contributed by atoms with Gasteiger partial charge in [-0.2, -0.15) is 0 Å². The molecule has 0 amide bonds. The van der Waals surface area contributed by atoms with Crippen molar-refractivity contribution in [3.8, 4) is 0 Å². The van der Waals surface area contributed by atoms with E-state index in [0.29, 0.717) is 17.1 Å². The molecule has 3 N–H and O–H groups in total. The van der Waals surface area contributed by atoms with Crippen LogP contribution in [0.15, 0.2) is 9.95 Å². The molecule has 4 atom stereocenters.